The zero-order chi connectivity index (χ0) is 12.1. The quantitative estimate of drug-likeness (QED) is 0.756. The maximum atomic E-state index is 5.77. The third-order valence-electron chi connectivity index (χ3n) is 3.33. The van der Waals surface area contributed by atoms with Gasteiger partial charge in [0, 0.05) is 24.2 Å². The number of hydrogen-bond acceptors (Lipinski definition) is 3. The van der Waals surface area contributed by atoms with Crippen LogP contribution in [0.5, 0.6) is 5.88 Å². The number of hydrogen-bond donors (Lipinski definition) is 0. The van der Waals surface area contributed by atoms with Gasteiger partial charge in [0.2, 0.25) is 5.88 Å². The molecular formula is C13H19ClN2O. The van der Waals surface area contributed by atoms with E-state index in [-0.39, 0.29) is 0 Å². The van der Waals surface area contributed by atoms with Crippen LogP contribution < -0.4 is 4.74 Å². The maximum Gasteiger partial charge on any atom is 0.213 e. The van der Waals surface area contributed by atoms with Crippen LogP contribution in [0.1, 0.15) is 24.8 Å². The highest BCUT2D eigenvalue weighted by atomic mass is 35.5. The Morgan fingerprint density at radius 2 is 2.47 bits per heavy atom. The van der Waals surface area contributed by atoms with Gasteiger partial charge >= 0.3 is 0 Å². The van der Waals surface area contributed by atoms with E-state index in [0.717, 1.165) is 18.6 Å². The van der Waals surface area contributed by atoms with E-state index >= 15 is 0 Å². The van der Waals surface area contributed by atoms with Gasteiger partial charge in [-0.15, -0.1) is 11.6 Å². The van der Waals surface area contributed by atoms with E-state index in [4.69, 9.17) is 16.3 Å². The first-order chi connectivity index (χ1) is 8.29. The Bertz CT molecular complexity index is 359. The van der Waals surface area contributed by atoms with Gasteiger partial charge in [0.25, 0.3) is 0 Å². The Kier molecular flexibility index (Phi) is 4.63. The van der Waals surface area contributed by atoms with Crippen molar-refractivity contribution in [2.75, 3.05) is 20.2 Å². The first-order valence-corrected chi connectivity index (χ1v) is 6.67. The molecule has 3 nitrogen and oxygen atoms in total. The van der Waals surface area contributed by atoms with Crippen molar-refractivity contribution in [1.82, 2.24) is 9.88 Å². The summed E-state index contributed by atoms with van der Waals surface area (Å²) in [4.78, 5) is 6.58. The van der Waals surface area contributed by atoms with Crippen molar-refractivity contribution in [2.24, 2.45) is 0 Å². The first-order valence-electron chi connectivity index (χ1n) is 6.13. The third-order valence-corrected chi connectivity index (χ3v) is 3.63. The molecule has 2 rings (SSSR count). The van der Waals surface area contributed by atoms with Gasteiger partial charge in [0.15, 0.2) is 0 Å². The maximum absolute atomic E-state index is 5.77. The Morgan fingerprint density at radius 3 is 3.18 bits per heavy atom. The molecule has 0 radical (unpaired) electrons. The monoisotopic (exact) mass is 254 g/mol. The zero-order valence-electron chi connectivity index (χ0n) is 10.2. The molecule has 1 fully saturated rings. The molecular weight excluding hydrogens is 236 g/mol. The molecule has 0 amide bonds. The van der Waals surface area contributed by atoms with Gasteiger partial charge in [-0.25, -0.2) is 4.98 Å². The number of alkyl halides is 1. The number of pyridine rings is 1. The fraction of sp³-hybridized carbons (Fsp3) is 0.615. The first kappa shape index (κ1) is 12.7. The van der Waals surface area contributed by atoms with Gasteiger partial charge in [-0.2, -0.15) is 0 Å². The fourth-order valence-corrected chi connectivity index (χ4v) is 2.42. The third kappa shape index (κ3) is 3.58. The van der Waals surface area contributed by atoms with Crippen LogP contribution in [-0.2, 0) is 5.88 Å². The van der Waals surface area contributed by atoms with Crippen molar-refractivity contribution in [3.8, 4) is 5.88 Å². The Balaban J connectivity index is 1.77. The predicted octanol–water partition coefficient (Wildman–Crippen LogP) is 2.68. The molecule has 0 aromatic carbocycles. The lowest BCUT2D eigenvalue weighted by Crippen LogP contribution is -2.26. The van der Waals surface area contributed by atoms with Crippen molar-refractivity contribution < 1.29 is 4.74 Å². The summed E-state index contributed by atoms with van der Waals surface area (Å²) >= 11 is 5.77. The molecule has 0 N–H and O–H groups in total. The van der Waals surface area contributed by atoms with E-state index in [1.165, 1.54) is 19.4 Å². The van der Waals surface area contributed by atoms with E-state index < -0.39 is 0 Å². The molecule has 94 valence electrons. The minimum atomic E-state index is 0.504. The van der Waals surface area contributed by atoms with Crippen LogP contribution >= 0.6 is 11.6 Å². The second kappa shape index (κ2) is 6.22. The van der Waals surface area contributed by atoms with Crippen molar-refractivity contribution in [3.63, 3.8) is 0 Å². The number of ether oxygens (including phenoxy) is 1. The van der Waals surface area contributed by atoms with E-state index in [1.807, 2.05) is 12.1 Å². The molecule has 2 heterocycles. The Morgan fingerprint density at radius 1 is 1.59 bits per heavy atom. The average Bonchev–Trinajstić information content (AvgIpc) is 2.76. The van der Waals surface area contributed by atoms with Crippen LogP contribution in [0.15, 0.2) is 18.3 Å². The lowest BCUT2D eigenvalue weighted by Gasteiger charge is -2.19. The number of halogens is 1. The number of likely N-dealkylation sites (tertiary alicyclic amines) is 1. The molecule has 17 heavy (non-hydrogen) atoms. The fourth-order valence-electron chi connectivity index (χ4n) is 2.26. The largest absolute Gasteiger partial charge is 0.478 e. The molecule has 0 spiro atoms. The van der Waals surface area contributed by atoms with E-state index in [2.05, 4.69) is 16.9 Å². The Hall–Kier alpha value is -0.800. The molecule has 1 aliphatic rings. The minimum absolute atomic E-state index is 0.504. The minimum Gasteiger partial charge on any atom is -0.478 e. The summed E-state index contributed by atoms with van der Waals surface area (Å²) in [7, 11) is 2.18. The topological polar surface area (TPSA) is 25.4 Å². The van der Waals surface area contributed by atoms with Crippen LogP contribution in [0.4, 0.5) is 0 Å². The van der Waals surface area contributed by atoms with Gasteiger partial charge in [-0.3, -0.25) is 0 Å². The van der Waals surface area contributed by atoms with Crippen molar-refractivity contribution in [1.29, 1.82) is 0 Å². The second-order valence-corrected chi connectivity index (χ2v) is 4.82. The Labute approximate surface area is 108 Å². The molecule has 4 heteroatoms. The zero-order valence-corrected chi connectivity index (χ0v) is 11.0. The van der Waals surface area contributed by atoms with Crippen LogP contribution in [0.3, 0.4) is 0 Å². The molecule has 0 saturated carbocycles. The smallest absolute Gasteiger partial charge is 0.213 e. The summed E-state index contributed by atoms with van der Waals surface area (Å²) in [5.41, 5.74) is 1.05. The molecule has 1 aromatic rings. The van der Waals surface area contributed by atoms with E-state index in [1.54, 1.807) is 6.20 Å². The summed E-state index contributed by atoms with van der Waals surface area (Å²) in [5.74, 6) is 1.19. The van der Waals surface area contributed by atoms with Crippen molar-refractivity contribution in [2.45, 2.75) is 31.2 Å². The summed E-state index contributed by atoms with van der Waals surface area (Å²) in [5, 5.41) is 0. The van der Waals surface area contributed by atoms with Crippen LogP contribution in [0.2, 0.25) is 0 Å². The van der Waals surface area contributed by atoms with Gasteiger partial charge < -0.3 is 9.64 Å². The highest BCUT2D eigenvalue weighted by Gasteiger charge is 2.20. The SMILES string of the molecule is CN1CCCC1CCOc1cc(CCl)ccn1. The molecule has 0 bridgehead atoms. The summed E-state index contributed by atoms with van der Waals surface area (Å²) in [6.07, 6.45) is 5.41. The van der Waals surface area contributed by atoms with E-state index in [9.17, 15) is 0 Å². The molecule has 0 aliphatic carbocycles. The van der Waals surface area contributed by atoms with E-state index in [0.29, 0.717) is 17.8 Å². The second-order valence-electron chi connectivity index (χ2n) is 4.55. The normalized spacial score (nSPS) is 20.7. The highest BCUT2D eigenvalue weighted by Crippen LogP contribution is 2.18. The van der Waals surface area contributed by atoms with Gasteiger partial charge in [-0.1, -0.05) is 0 Å². The molecule has 1 saturated heterocycles. The predicted molar refractivity (Wildman–Crippen MR) is 69.6 cm³/mol. The van der Waals surface area contributed by atoms with Gasteiger partial charge in [0.05, 0.1) is 6.61 Å². The molecule has 1 aliphatic heterocycles. The summed E-state index contributed by atoms with van der Waals surface area (Å²) in [6, 6.07) is 4.49. The van der Waals surface area contributed by atoms with Crippen molar-refractivity contribution >= 4 is 11.6 Å². The highest BCUT2D eigenvalue weighted by molar-refractivity contribution is 6.17. The summed E-state index contributed by atoms with van der Waals surface area (Å²) in [6.45, 7) is 1.94. The van der Waals surface area contributed by atoms with Gasteiger partial charge in [-0.05, 0) is 44.5 Å². The van der Waals surface area contributed by atoms with Crippen LogP contribution in [0, 0.1) is 0 Å². The lowest BCUT2D eigenvalue weighted by atomic mass is 10.1. The van der Waals surface area contributed by atoms with Crippen LogP contribution in [0.25, 0.3) is 0 Å². The van der Waals surface area contributed by atoms with Crippen LogP contribution in [-0.4, -0.2) is 36.1 Å². The number of rotatable bonds is 5. The van der Waals surface area contributed by atoms with Crippen molar-refractivity contribution in [3.05, 3.63) is 23.9 Å². The average molecular weight is 255 g/mol. The lowest BCUT2D eigenvalue weighted by molar-refractivity contribution is 0.228. The number of aromatic nitrogens is 1. The molecule has 1 aromatic heterocycles. The standard InChI is InChI=1S/C13H19ClN2O/c1-16-7-2-3-12(16)5-8-17-13-9-11(10-14)4-6-15-13/h4,6,9,12H,2-3,5,7-8,10H2,1H3. The molecule has 1 atom stereocenters. The summed E-state index contributed by atoms with van der Waals surface area (Å²) < 4.78 is 5.66. The molecule has 1 unspecified atom stereocenters. The van der Waals surface area contributed by atoms with Gasteiger partial charge in [0.1, 0.15) is 0 Å². The number of nitrogens with zero attached hydrogens (tertiary/aromatic N) is 2.